The van der Waals surface area contributed by atoms with Gasteiger partial charge >= 0.3 is 0 Å². The second-order valence-corrected chi connectivity index (χ2v) is 14.8. The van der Waals surface area contributed by atoms with Crippen LogP contribution in [-0.4, -0.2) is 4.57 Å². The van der Waals surface area contributed by atoms with Gasteiger partial charge in [-0.1, -0.05) is 200 Å². The fourth-order valence-electron chi connectivity index (χ4n) is 9.16. The van der Waals surface area contributed by atoms with Gasteiger partial charge in [-0.15, -0.1) is 0 Å². The Kier molecular flexibility index (Phi) is 7.89. The maximum absolute atomic E-state index is 2.49. The summed E-state index contributed by atoms with van der Waals surface area (Å²) in [6.45, 7) is 0. The molecule has 57 heavy (non-hydrogen) atoms. The van der Waals surface area contributed by atoms with Gasteiger partial charge in [0, 0.05) is 22.0 Å². The average molecular weight is 724 g/mol. The van der Waals surface area contributed by atoms with Crippen molar-refractivity contribution in [1.82, 2.24) is 4.57 Å². The molecule has 0 radical (unpaired) electrons. The summed E-state index contributed by atoms with van der Waals surface area (Å²) in [5, 5.41) is 7.51. The first kappa shape index (κ1) is 32.9. The lowest BCUT2D eigenvalue weighted by molar-refractivity contribution is 1.18. The standard InChI is InChI=1S/C56H37N/c1-5-19-38(20-6-1)49-37-50-44-27-17-18-32-51(44)57(56(50)55(41-25-11-4-12-26-41)54(49)40-23-9-3-10-24-40)43-35-33-42(34-36-43)53-47-30-15-13-28-45(47)52(39-21-7-2-8-22-39)46-29-14-16-31-48(46)53/h1-37H. The minimum Gasteiger partial charge on any atom is -0.309 e. The van der Waals surface area contributed by atoms with E-state index in [4.69, 9.17) is 0 Å². The van der Waals surface area contributed by atoms with Gasteiger partial charge in [-0.25, -0.2) is 0 Å². The molecule has 0 spiro atoms. The molecule has 1 heteroatoms. The Bertz CT molecular complexity index is 3180. The summed E-state index contributed by atoms with van der Waals surface area (Å²) in [5.41, 5.74) is 15.8. The normalized spacial score (nSPS) is 11.5. The van der Waals surface area contributed by atoms with Crippen LogP contribution >= 0.6 is 0 Å². The van der Waals surface area contributed by atoms with E-state index in [2.05, 4.69) is 229 Å². The lowest BCUT2D eigenvalue weighted by Gasteiger charge is -2.20. The molecule has 0 unspecified atom stereocenters. The van der Waals surface area contributed by atoms with Crippen LogP contribution in [0.4, 0.5) is 0 Å². The summed E-state index contributed by atoms with van der Waals surface area (Å²) in [4.78, 5) is 0. The van der Waals surface area contributed by atoms with Crippen molar-refractivity contribution < 1.29 is 0 Å². The number of hydrogen-bond donors (Lipinski definition) is 0. The first-order valence-corrected chi connectivity index (χ1v) is 19.7. The first-order valence-electron chi connectivity index (χ1n) is 19.7. The predicted octanol–water partition coefficient (Wildman–Crippen LogP) is 15.4. The van der Waals surface area contributed by atoms with Crippen LogP contribution < -0.4 is 0 Å². The third-order valence-corrected chi connectivity index (χ3v) is 11.6. The Morgan fingerprint density at radius 1 is 0.246 bits per heavy atom. The molecule has 0 saturated carbocycles. The smallest absolute Gasteiger partial charge is 0.0626 e. The molecule has 1 heterocycles. The van der Waals surface area contributed by atoms with Crippen molar-refractivity contribution in [3.63, 3.8) is 0 Å². The molecule has 1 aromatic heterocycles. The van der Waals surface area contributed by atoms with E-state index in [0.29, 0.717) is 0 Å². The molecular formula is C56H37N. The lowest BCUT2D eigenvalue weighted by Crippen LogP contribution is -1.99. The highest BCUT2D eigenvalue weighted by Gasteiger charge is 2.24. The van der Waals surface area contributed by atoms with E-state index >= 15 is 0 Å². The highest BCUT2D eigenvalue weighted by Crippen LogP contribution is 2.49. The number of para-hydroxylation sites is 1. The van der Waals surface area contributed by atoms with Crippen LogP contribution in [0.3, 0.4) is 0 Å². The van der Waals surface area contributed by atoms with Gasteiger partial charge in [0.25, 0.3) is 0 Å². The van der Waals surface area contributed by atoms with Gasteiger partial charge in [0.05, 0.1) is 11.0 Å². The van der Waals surface area contributed by atoms with Crippen molar-refractivity contribution in [2.75, 3.05) is 0 Å². The number of rotatable bonds is 6. The third kappa shape index (κ3) is 5.39. The van der Waals surface area contributed by atoms with Crippen molar-refractivity contribution in [3.8, 4) is 61.3 Å². The molecule has 10 aromatic carbocycles. The molecule has 0 aliphatic rings. The van der Waals surface area contributed by atoms with Gasteiger partial charge in [-0.3, -0.25) is 0 Å². The third-order valence-electron chi connectivity index (χ3n) is 11.6. The second kappa shape index (κ2) is 13.7. The maximum atomic E-state index is 2.49. The molecule has 0 atom stereocenters. The van der Waals surface area contributed by atoms with Gasteiger partial charge in [0.2, 0.25) is 0 Å². The summed E-state index contributed by atoms with van der Waals surface area (Å²) < 4.78 is 2.49. The van der Waals surface area contributed by atoms with Crippen molar-refractivity contribution >= 4 is 43.4 Å². The van der Waals surface area contributed by atoms with Crippen molar-refractivity contribution in [2.24, 2.45) is 0 Å². The van der Waals surface area contributed by atoms with Crippen molar-refractivity contribution in [2.45, 2.75) is 0 Å². The van der Waals surface area contributed by atoms with Crippen LogP contribution in [0.1, 0.15) is 0 Å². The average Bonchev–Trinajstić information content (AvgIpc) is 3.62. The zero-order valence-electron chi connectivity index (χ0n) is 31.3. The van der Waals surface area contributed by atoms with Crippen molar-refractivity contribution in [1.29, 1.82) is 0 Å². The molecule has 0 N–H and O–H groups in total. The van der Waals surface area contributed by atoms with E-state index in [1.807, 2.05) is 0 Å². The van der Waals surface area contributed by atoms with Crippen LogP contribution in [0.5, 0.6) is 0 Å². The Labute approximate surface area is 332 Å². The number of benzene rings is 10. The minimum absolute atomic E-state index is 1.13. The van der Waals surface area contributed by atoms with E-state index in [1.165, 1.54) is 99.0 Å². The van der Waals surface area contributed by atoms with Gasteiger partial charge in [0.1, 0.15) is 0 Å². The molecule has 0 amide bonds. The fraction of sp³-hybridized carbons (Fsp3) is 0. The quantitative estimate of drug-likeness (QED) is 0.151. The molecule has 0 aliphatic heterocycles. The largest absolute Gasteiger partial charge is 0.309 e. The van der Waals surface area contributed by atoms with Gasteiger partial charge in [-0.05, 0) is 95.9 Å². The monoisotopic (exact) mass is 723 g/mol. The van der Waals surface area contributed by atoms with Crippen LogP contribution in [0.2, 0.25) is 0 Å². The van der Waals surface area contributed by atoms with E-state index in [1.54, 1.807) is 0 Å². The topological polar surface area (TPSA) is 4.93 Å². The molecular weight excluding hydrogens is 687 g/mol. The number of aromatic nitrogens is 1. The van der Waals surface area contributed by atoms with E-state index in [-0.39, 0.29) is 0 Å². The summed E-state index contributed by atoms with van der Waals surface area (Å²) in [5.74, 6) is 0. The molecule has 1 nitrogen and oxygen atoms in total. The summed E-state index contributed by atoms with van der Waals surface area (Å²) in [7, 11) is 0. The zero-order valence-corrected chi connectivity index (χ0v) is 31.3. The number of hydrogen-bond acceptors (Lipinski definition) is 0. The molecule has 11 rings (SSSR count). The molecule has 0 saturated heterocycles. The Morgan fingerprint density at radius 3 is 1.11 bits per heavy atom. The van der Waals surface area contributed by atoms with Crippen molar-refractivity contribution in [3.05, 3.63) is 224 Å². The Morgan fingerprint density at radius 2 is 0.614 bits per heavy atom. The van der Waals surface area contributed by atoms with Crippen LogP contribution in [0.25, 0.3) is 105 Å². The summed E-state index contributed by atoms with van der Waals surface area (Å²) in [6, 6.07) is 81.9. The molecule has 0 bridgehead atoms. The lowest BCUT2D eigenvalue weighted by atomic mass is 9.85. The SMILES string of the molecule is c1ccc(-c2cc3c4ccccc4n(-c4ccc(-c5c6ccccc6c(-c6ccccc6)c6ccccc56)cc4)c3c(-c3ccccc3)c2-c2ccccc2)cc1. The molecule has 0 fully saturated rings. The number of nitrogens with zero attached hydrogens (tertiary/aromatic N) is 1. The van der Waals surface area contributed by atoms with Crippen LogP contribution in [0.15, 0.2) is 224 Å². The molecule has 266 valence electrons. The van der Waals surface area contributed by atoms with Gasteiger partial charge in [0.15, 0.2) is 0 Å². The maximum Gasteiger partial charge on any atom is 0.0626 e. The second-order valence-electron chi connectivity index (χ2n) is 14.8. The highest BCUT2D eigenvalue weighted by atomic mass is 15.0. The van der Waals surface area contributed by atoms with Gasteiger partial charge < -0.3 is 4.57 Å². The summed E-state index contributed by atoms with van der Waals surface area (Å²) in [6.07, 6.45) is 0. The summed E-state index contributed by atoms with van der Waals surface area (Å²) >= 11 is 0. The number of fused-ring (bicyclic) bond motifs is 5. The Hall–Kier alpha value is -7.48. The minimum atomic E-state index is 1.13. The highest BCUT2D eigenvalue weighted by molar-refractivity contribution is 6.22. The fourth-order valence-corrected chi connectivity index (χ4v) is 9.16. The van der Waals surface area contributed by atoms with Gasteiger partial charge in [-0.2, -0.15) is 0 Å². The Balaban J connectivity index is 1.20. The van der Waals surface area contributed by atoms with E-state index in [9.17, 15) is 0 Å². The van der Waals surface area contributed by atoms with Crippen LogP contribution in [0, 0.1) is 0 Å². The molecule has 11 aromatic rings. The first-order chi connectivity index (χ1) is 28.3. The molecule has 0 aliphatic carbocycles. The zero-order chi connectivity index (χ0) is 37.7. The van der Waals surface area contributed by atoms with E-state index < -0.39 is 0 Å². The van der Waals surface area contributed by atoms with Crippen LogP contribution in [-0.2, 0) is 0 Å². The predicted molar refractivity (Wildman–Crippen MR) is 243 cm³/mol. The van der Waals surface area contributed by atoms with E-state index in [0.717, 1.165) is 5.69 Å².